The number of urea groups is 1. The molecule has 0 spiro atoms. The first kappa shape index (κ1) is 22.2. The Labute approximate surface area is 181 Å². The Morgan fingerprint density at radius 3 is 2.53 bits per heavy atom. The highest BCUT2D eigenvalue weighted by molar-refractivity contribution is 7.98. The normalized spacial score (nSPS) is 18.8. The van der Waals surface area contributed by atoms with E-state index in [-0.39, 0.29) is 18.9 Å². The molecule has 1 N–H and O–H groups in total. The number of fused-ring (bicyclic) bond motifs is 1. The van der Waals surface area contributed by atoms with Gasteiger partial charge in [0.25, 0.3) is 5.91 Å². The van der Waals surface area contributed by atoms with Gasteiger partial charge in [-0.2, -0.15) is 11.8 Å². The van der Waals surface area contributed by atoms with Gasteiger partial charge in [0, 0.05) is 6.54 Å². The van der Waals surface area contributed by atoms with Gasteiger partial charge in [-0.1, -0.05) is 62.7 Å². The highest BCUT2D eigenvalue weighted by Gasteiger charge is 2.51. The summed E-state index contributed by atoms with van der Waals surface area (Å²) in [6.07, 6.45) is 2.83. The quantitative estimate of drug-likeness (QED) is 0.605. The molecule has 1 fully saturated rings. The number of nitrogens with zero attached hydrogens (tertiary/aromatic N) is 2. The zero-order valence-corrected chi connectivity index (χ0v) is 18.4. The molecule has 2 aromatic rings. The van der Waals surface area contributed by atoms with Crippen LogP contribution in [0, 0.1) is 5.92 Å². The van der Waals surface area contributed by atoms with E-state index in [1.165, 1.54) is 11.8 Å². The Bertz CT molecular complexity index is 942. The van der Waals surface area contributed by atoms with Crippen molar-refractivity contribution in [3.63, 3.8) is 0 Å². The van der Waals surface area contributed by atoms with Crippen LogP contribution < -0.4 is 0 Å². The number of imide groups is 1. The number of benzene rings is 2. The Morgan fingerprint density at radius 2 is 1.87 bits per heavy atom. The fourth-order valence-corrected chi connectivity index (χ4v) is 4.52. The second kappa shape index (κ2) is 9.51. The van der Waals surface area contributed by atoms with E-state index in [1.54, 1.807) is 4.90 Å². The maximum atomic E-state index is 13.4. The lowest BCUT2D eigenvalue weighted by atomic mass is 9.96. The molecule has 160 valence electrons. The summed E-state index contributed by atoms with van der Waals surface area (Å²) >= 11 is 1.50. The number of amides is 3. The number of aliphatic carboxylic acids is 1. The van der Waals surface area contributed by atoms with Crippen LogP contribution >= 0.6 is 11.8 Å². The minimum atomic E-state index is -1.14. The van der Waals surface area contributed by atoms with Gasteiger partial charge in [-0.15, -0.1) is 0 Å². The van der Waals surface area contributed by atoms with E-state index in [9.17, 15) is 19.5 Å². The number of carbonyl (C=O) groups excluding carboxylic acids is 2. The molecule has 0 saturated carbocycles. The standard InChI is InChI=1S/C23H28N2O4S/c1-4-15(2)20-21(26)25(19(22(27)28)12-13-30-3)23(29)24(20)14-17-10-7-9-16-8-5-6-11-18(16)17/h5-11,15,19-20H,4,12-14H2,1-3H3,(H,27,28). The minimum absolute atomic E-state index is 0.0728. The van der Waals surface area contributed by atoms with E-state index in [0.717, 1.165) is 21.2 Å². The summed E-state index contributed by atoms with van der Waals surface area (Å²) in [6, 6.07) is 11.5. The lowest BCUT2D eigenvalue weighted by molar-refractivity contribution is -0.147. The molecule has 1 heterocycles. The van der Waals surface area contributed by atoms with Crippen molar-refractivity contribution in [2.24, 2.45) is 5.92 Å². The number of carbonyl (C=O) groups is 3. The average molecular weight is 429 g/mol. The number of carboxylic acids is 1. The van der Waals surface area contributed by atoms with Crippen LogP contribution in [0.1, 0.15) is 32.3 Å². The van der Waals surface area contributed by atoms with Crippen molar-refractivity contribution in [2.45, 2.75) is 45.3 Å². The molecule has 30 heavy (non-hydrogen) atoms. The van der Waals surface area contributed by atoms with E-state index in [2.05, 4.69) is 0 Å². The fraction of sp³-hybridized carbons (Fsp3) is 0.435. The van der Waals surface area contributed by atoms with Crippen LogP contribution in [0.3, 0.4) is 0 Å². The number of carboxylic acid groups (broad SMARTS) is 1. The third-order valence-electron chi connectivity index (χ3n) is 5.87. The fourth-order valence-electron chi connectivity index (χ4n) is 4.06. The molecule has 3 amide bonds. The average Bonchev–Trinajstić information content (AvgIpc) is 2.98. The smallest absolute Gasteiger partial charge is 0.328 e. The van der Waals surface area contributed by atoms with Gasteiger partial charge < -0.3 is 10.0 Å². The molecule has 6 nitrogen and oxygen atoms in total. The van der Waals surface area contributed by atoms with Gasteiger partial charge in [-0.25, -0.2) is 14.5 Å². The van der Waals surface area contributed by atoms with E-state index < -0.39 is 30.0 Å². The predicted octanol–water partition coefficient (Wildman–Crippen LogP) is 4.23. The highest BCUT2D eigenvalue weighted by atomic mass is 32.2. The molecule has 3 atom stereocenters. The Morgan fingerprint density at radius 1 is 1.17 bits per heavy atom. The number of rotatable bonds is 9. The molecule has 0 bridgehead atoms. The number of hydrogen-bond acceptors (Lipinski definition) is 4. The summed E-state index contributed by atoms with van der Waals surface area (Å²) in [5, 5.41) is 11.8. The van der Waals surface area contributed by atoms with Crippen LogP contribution in [0.15, 0.2) is 42.5 Å². The Balaban J connectivity index is 1.99. The summed E-state index contributed by atoms with van der Waals surface area (Å²) < 4.78 is 0. The predicted molar refractivity (Wildman–Crippen MR) is 119 cm³/mol. The summed E-state index contributed by atoms with van der Waals surface area (Å²) in [4.78, 5) is 41.1. The SMILES string of the molecule is CCC(C)C1C(=O)N(C(CCSC)C(=O)O)C(=O)N1Cc1cccc2ccccc12. The molecule has 1 aliphatic heterocycles. The van der Waals surface area contributed by atoms with E-state index >= 15 is 0 Å². The molecule has 0 aromatic heterocycles. The van der Waals surface area contributed by atoms with Gasteiger partial charge >= 0.3 is 12.0 Å². The summed E-state index contributed by atoms with van der Waals surface area (Å²) in [6.45, 7) is 4.18. The van der Waals surface area contributed by atoms with Gasteiger partial charge in [0.05, 0.1) is 0 Å². The third kappa shape index (κ3) is 4.17. The maximum Gasteiger partial charge on any atom is 0.328 e. The topological polar surface area (TPSA) is 77.9 Å². The molecule has 0 aliphatic carbocycles. The van der Waals surface area contributed by atoms with Crippen molar-refractivity contribution < 1.29 is 19.5 Å². The molecule has 1 aliphatic rings. The van der Waals surface area contributed by atoms with Gasteiger partial charge in [0.1, 0.15) is 12.1 Å². The van der Waals surface area contributed by atoms with Crippen LogP contribution in [0.25, 0.3) is 10.8 Å². The molecule has 2 aromatic carbocycles. The number of hydrogen-bond donors (Lipinski definition) is 1. The van der Waals surface area contributed by atoms with Crippen molar-refractivity contribution >= 4 is 40.4 Å². The van der Waals surface area contributed by atoms with Crippen molar-refractivity contribution in [1.82, 2.24) is 9.80 Å². The Hall–Kier alpha value is -2.54. The van der Waals surface area contributed by atoms with Crippen LogP contribution in [0.5, 0.6) is 0 Å². The van der Waals surface area contributed by atoms with Crippen molar-refractivity contribution in [3.8, 4) is 0 Å². The molecule has 1 saturated heterocycles. The Kier molecular flexibility index (Phi) is 7.02. The lowest BCUT2D eigenvalue weighted by Gasteiger charge is -2.26. The summed E-state index contributed by atoms with van der Waals surface area (Å²) in [7, 11) is 0. The molecule has 3 unspecified atom stereocenters. The van der Waals surface area contributed by atoms with Crippen molar-refractivity contribution in [1.29, 1.82) is 0 Å². The van der Waals surface area contributed by atoms with Crippen LogP contribution in [-0.2, 0) is 16.1 Å². The van der Waals surface area contributed by atoms with E-state index in [0.29, 0.717) is 12.2 Å². The van der Waals surface area contributed by atoms with E-state index in [1.807, 2.05) is 62.6 Å². The minimum Gasteiger partial charge on any atom is -0.480 e. The van der Waals surface area contributed by atoms with Gasteiger partial charge in [-0.3, -0.25) is 4.79 Å². The second-order valence-electron chi connectivity index (χ2n) is 7.72. The van der Waals surface area contributed by atoms with Crippen LogP contribution in [-0.4, -0.2) is 56.9 Å². The van der Waals surface area contributed by atoms with Gasteiger partial charge in [0.15, 0.2) is 0 Å². The monoisotopic (exact) mass is 428 g/mol. The first-order valence-electron chi connectivity index (χ1n) is 10.2. The first-order valence-corrected chi connectivity index (χ1v) is 11.6. The second-order valence-corrected chi connectivity index (χ2v) is 8.71. The zero-order valence-electron chi connectivity index (χ0n) is 17.6. The molecule has 7 heteroatoms. The molecular weight excluding hydrogens is 400 g/mol. The molecular formula is C23H28N2O4S. The largest absolute Gasteiger partial charge is 0.480 e. The maximum absolute atomic E-state index is 13.4. The van der Waals surface area contributed by atoms with Crippen molar-refractivity contribution in [2.75, 3.05) is 12.0 Å². The first-order chi connectivity index (χ1) is 14.4. The van der Waals surface area contributed by atoms with Crippen LogP contribution in [0.4, 0.5) is 4.79 Å². The lowest BCUT2D eigenvalue weighted by Crippen LogP contribution is -2.46. The summed E-state index contributed by atoms with van der Waals surface area (Å²) in [5.74, 6) is -1.05. The van der Waals surface area contributed by atoms with Gasteiger partial charge in [-0.05, 0) is 40.7 Å². The van der Waals surface area contributed by atoms with Crippen molar-refractivity contribution in [3.05, 3.63) is 48.0 Å². The number of thioether (sulfide) groups is 1. The summed E-state index contributed by atoms with van der Waals surface area (Å²) in [5.41, 5.74) is 0.945. The van der Waals surface area contributed by atoms with Gasteiger partial charge in [0.2, 0.25) is 0 Å². The zero-order chi connectivity index (χ0) is 21.8. The molecule has 3 rings (SSSR count). The molecule has 0 radical (unpaired) electrons. The highest BCUT2D eigenvalue weighted by Crippen LogP contribution is 2.31. The van der Waals surface area contributed by atoms with Crippen LogP contribution in [0.2, 0.25) is 0 Å². The third-order valence-corrected chi connectivity index (χ3v) is 6.52. The van der Waals surface area contributed by atoms with E-state index in [4.69, 9.17) is 0 Å².